The lowest BCUT2D eigenvalue weighted by atomic mass is 9.88. The van der Waals surface area contributed by atoms with Crippen LogP contribution in [-0.4, -0.2) is 28.1 Å². The topological polar surface area (TPSA) is 58.2 Å². The van der Waals surface area contributed by atoms with Gasteiger partial charge in [-0.2, -0.15) is 0 Å². The normalized spacial score (nSPS) is 24.0. The molecule has 2 aliphatic carbocycles. The third kappa shape index (κ3) is 3.76. The van der Waals surface area contributed by atoms with Crippen LogP contribution in [-0.2, 0) is 4.79 Å². The number of halogens is 5. The summed E-state index contributed by atoms with van der Waals surface area (Å²) in [6, 6.07) is 3.78. The van der Waals surface area contributed by atoms with Crippen LogP contribution < -0.4 is 10.6 Å². The predicted molar refractivity (Wildman–Crippen MR) is 88.1 cm³/mol. The van der Waals surface area contributed by atoms with E-state index in [0.29, 0.717) is 12.1 Å². The number of amides is 2. The van der Waals surface area contributed by atoms with E-state index in [-0.39, 0.29) is 29.3 Å². The second kappa shape index (κ2) is 6.00. The molecule has 2 aliphatic rings. The van der Waals surface area contributed by atoms with Gasteiger partial charge in [-0.15, -0.1) is 23.2 Å². The van der Waals surface area contributed by atoms with Gasteiger partial charge in [-0.05, 0) is 24.6 Å². The van der Waals surface area contributed by atoms with Crippen molar-refractivity contribution in [1.29, 1.82) is 0 Å². The average Bonchev–Trinajstić information content (AvgIpc) is 3.08. The van der Waals surface area contributed by atoms with E-state index in [9.17, 15) is 18.4 Å². The molecule has 2 N–H and O–H groups in total. The predicted octanol–water partition coefficient (Wildman–Crippen LogP) is 4.00. The summed E-state index contributed by atoms with van der Waals surface area (Å²) in [5, 5.41) is 5.27. The Morgan fingerprint density at radius 1 is 1.17 bits per heavy atom. The Morgan fingerprint density at radius 3 is 2.33 bits per heavy atom. The molecule has 1 aromatic carbocycles. The highest BCUT2D eigenvalue weighted by Crippen LogP contribution is 2.53. The van der Waals surface area contributed by atoms with Gasteiger partial charge in [0.05, 0.1) is 16.5 Å². The first-order valence-corrected chi connectivity index (χ1v) is 8.38. The van der Waals surface area contributed by atoms with E-state index in [0.717, 1.165) is 0 Å². The molecule has 0 spiro atoms. The van der Waals surface area contributed by atoms with E-state index in [4.69, 9.17) is 34.8 Å². The second-order valence-corrected chi connectivity index (χ2v) is 8.09. The smallest absolute Gasteiger partial charge is 0.253 e. The Hall–Kier alpha value is -1.11. The fourth-order valence-corrected chi connectivity index (χ4v) is 3.24. The van der Waals surface area contributed by atoms with Gasteiger partial charge in [0.2, 0.25) is 5.91 Å². The summed E-state index contributed by atoms with van der Waals surface area (Å²) in [5.41, 5.74) is 0.452. The SMILES string of the molecule is O=C(NC1CC(F)(F)C1)c1cc(NC(=O)[C@H]2CC2(Cl)Cl)ccc1Cl. The van der Waals surface area contributed by atoms with Crippen LogP contribution in [0.25, 0.3) is 0 Å². The minimum atomic E-state index is -2.72. The molecule has 2 fully saturated rings. The van der Waals surface area contributed by atoms with Gasteiger partial charge in [0.25, 0.3) is 11.8 Å². The number of rotatable bonds is 4. The molecule has 0 aliphatic heterocycles. The summed E-state index contributed by atoms with van der Waals surface area (Å²) in [6.07, 6.45) is -0.414. The van der Waals surface area contributed by atoms with Gasteiger partial charge < -0.3 is 10.6 Å². The first kappa shape index (κ1) is 17.7. The maximum absolute atomic E-state index is 12.8. The summed E-state index contributed by atoms with van der Waals surface area (Å²) in [7, 11) is 0. The van der Waals surface area contributed by atoms with Gasteiger partial charge in [-0.25, -0.2) is 8.78 Å². The molecular formula is C15H13Cl3F2N2O2. The molecule has 0 radical (unpaired) electrons. The van der Waals surface area contributed by atoms with Crippen LogP contribution in [0.4, 0.5) is 14.5 Å². The monoisotopic (exact) mass is 396 g/mol. The first-order valence-electron chi connectivity index (χ1n) is 7.24. The molecule has 1 aromatic rings. The molecule has 3 rings (SSSR count). The minimum Gasteiger partial charge on any atom is -0.349 e. The molecule has 2 saturated carbocycles. The average molecular weight is 398 g/mol. The maximum atomic E-state index is 12.8. The largest absolute Gasteiger partial charge is 0.349 e. The molecule has 24 heavy (non-hydrogen) atoms. The number of benzene rings is 1. The highest BCUT2D eigenvalue weighted by Gasteiger charge is 2.56. The third-order valence-corrected chi connectivity index (χ3v) is 5.21. The van der Waals surface area contributed by atoms with Gasteiger partial charge >= 0.3 is 0 Å². The number of carbonyl (C=O) groups excluding carboxylic acids is 2. The fourth-order valence-electron chi connectivity index (χ4n) is 2.53. The minimum absolute atomic E-state index is 0.100. The maximum Gasteiger partial charge on any atom is 0.253 e. The van der Waals surface area contributed by atoms with Crippen molar-refractivity contribution in [2.45, 2.75) is 35.6 Å². The third-order valence-electron chi connectivity index (χ3n) is 4.05. The van der Waals surface area contributed by atoms with Crippen LogP contribution >= 0.6 is 34.8 Å². The number of hydrogen-bond acceptors (Lipinski definition) is 2. The van der Waals surface area contributed by atoms with Crippen LogP contribution in [0.5, 0.6) is 0 Å². The van der Waals surface area contributed by atoms with Gasteiger partial charge in [-0.3, -0.25) is 9.59 Å². The summed E-state index contributed by atoms with van der Waals surface area (Å²) in [5.74, 6) is -4.15. The number of hydrogen-bond donors (Lipinski definition) is 2. The molecule has 1 atom stereocenters. The van der Waals surface area contributed by atoms with Crippen molar-refractivity contribution in [2.24, 2.45) is 5.92 Å². The summed E-state index contributed by atoms with van der Waals surface area (Å²) in [6.45, 7) is 0. The van der Waals surface area contributed by atoms with Crippen molar-refractivity contribution >= 4 is 52.3 Å². The van der Waals surface area contributed by atoms with Crippen LogP contribution in [0, 0.1) is 5.92 Å². The van der Waals surface area contributed by atoms with Gasteiger partial charge in [0.1, 0.15) is 4.33 Å². The first-order chi connectivity index (χ1) is 11.1. The Morgan fingerprint density at radius 2 is 1.79 bits per heavy atom. The van der Waals surface area contributed by atoms with Gasteiger partial charge in [0.15, 0.2) is 0 Å². The van der Waals surface area contributed by atoms with Crippen LogP contribution in [0.15, 0.2) is 18.2 Å². The Kier molecular flexibility index (Phi) is 4.43. The summed E-state index contributed by atoms with van der Waals surface area (Å²) < 4.78 is 24.6. The van der Waals surface area contributed by atoms with Crippen molar-refractivity contribution in [1.82, 2.24) is 5.32 Å². The molecule has 130 valence electrons. The number of anilines is 1. The number of alkyl halides is 4. The lowest BCUT2D eigenvalue weighted by Crippen LogP contribution is -2.50. The van der Waals surface area contributed by atoms with Crippen LogP contribution in [0.3, 0.4) is 0 Å². The Balaban J connectivity index is 1.65. The van der Waals surface area contributed by atoms with E-state index < -0.39 is 28.1 Å². The zero-order valence-corrected chi connectivity index (χ0v) is 14.5. The number of carbonyl (C=O) groups is 2. The lowest BCUT2D eigenvalue weighted by Gasteiger charge is -2.35. The second-order valence-electron chi connectivity index (χ2n) is 6.14. The van der Waals surface area contributed by atoms with E-state index in [2.05, 4.69) is 10.6 Å². The highest BCUT2D eigenvalue weighted by molar-refractivity contribution is 6.52. The van der Waals surface area contributed by atoms with Gasteiger partial charge in [0, 0.05) is 24.6 Å². The fraction of sp³-hybridized carbons (Fsp3) is 0.467. The van der Waals surface area contributed by atoms with Gasteiger partial charge in [-0.1, -0.05) is 11.6 Å². The molecule has 0 unspecified atom stereocenters. The zero-order chi connectivity index (χ0) is 17.7. The lowest BCUT2D eigenvalue weighted by molar-refractivity contribution is -0.117. The van der Waals surface area contributed by atoms with Crippen LogP contribution in [0.1, 0.15) is 29.6 Å². The summed E-state index contributed by atoms with van der Waals surface area (Å²) in [4.78, 5) is 24.1. The Labute approximate surface area is 151 Å². The van der Waals surface area contributed by atoms with Crippen molar-refractivity contribution in [3.63, 3.8) is 0 Å². The van der Waals surface area contributed by atoms with Crippen LogP contribution in [0.2, 0.25) is 5.02 Å². The highest BCUT2D eigenvalue weighted by atomic mass is 35.5. The summed E-state index contributed by atoms with van der Waals surface area (Å²) >= 11 is 17.7. The molecule has 2 amide bonds. The zero-order valence-electron chi connectivity index (χ0n) is 12.2. The molecular weight excluding hydrogens is 385 g/mol. The van der Waals surface area contributed by atoms with E-state index in [1.807, 2.05) is 0 Å². The quantitative estimate of drug-likeness (QED) is 0.755. The molecule has 0 heterocycles. The standard InChI is InChI=1S/C15H13Cl3F2N2O2/c16-11-2-1-7(21-13(24)10-6-15(10,17)18)3-9(11)12(23)22-8-4-14(19,20)5-8/h1-3,8,10H,4-6H2,(H,21,24)(H,22,23)/t10-/m1/s1. The molecule has 9 heteroatoms. The van der Waals surface area contributed by atoms with Crippen molar-refractivity contribution < 1.29 is 18.4 Å². The van der Waals surface area contributed by atoms with E-state index >= 15 is 0 Å². The molecule has 0 aromatic heterocycles. The molecule has 0 saturated heterocycles. The molecule has 0 bridgehead atoms. The van der Waals surface area contributed by atoms with Crippen molar-refractivity contribution in [2.75, 3.05) is 5.32 Å². The number of nitrogens with one attached hydrogen (secondary N) is 2. The Bertz CT molecular complexity index is 704. The van der Waals surface area contributed by atoms with E-state index in [1.165, 1.54) is 18.2 Å². The molecule has 4 nitrogen and oxygen atoms in total. The van der Waals surface area contributed by atoms with Crippen molar-refractivity contribution in [3.8, 4) is 0 Å². The van der Waals surface area contributed by atoms with Crippen molar-refractivity contribution in [3.05, 3.63) is 28.8 Å². The van der Waals surface area contributed by atoms with E-state index in [1.54, 1.807) is 0 Å².